The molecular formula is C13H18ClN3O. The van der Waals surface area contributed by atoms with Gasteiger partial charge in [0.15, 0.2) is 0 Å². The molecule has 1 saturated heterocycles. The maximum Gasteiger partial charge on any atom is 0.230 e. The van der Waals surface area contributed by atoms with Crippen molar-refractivity contribution >= 4 is 23.2 Å². The topological polar surface area (TPSA) is 54.0 Å². The summed E-state index contributed by atoms with van der Waals surface area (Å²) >= 11 is 6.03. The summed E-state index contributed by atoms with van der Waals surface area (Å²) in [5, 5.41) is 6.72. The van der Waals surface area contributed by atoms with E-state index in [4.69, 9.17) is 11.6 Å². The maximum absolute atomic E-state index is 12.4. The molecule has 0 spiro atoms. The van der Waals surface area contributed by atoms with Gasteiger partial charge in [-0.05, 0) is 38.4 Å². The quantitative estimate of drug-likeness (QED) is 0.885. The second-order valence-electron chi connectivity index (χ2n) is 4.69. The molecule has 1 aliphatic heterocycles. The molecule has 1 aliphatic rings. The number of halogens is 1. The largest absolute Gasteiger partial charge is 0.323 e. The lowest BCUT2D eigenvalue weighted by Gasteiger charge is -2.35. The minimum Gasteiger partial charge on any atom is -0.323 e. The number of amides is 1. The Hall–Kier alpha value is -1.13. The first-order valence-corrected chi connectivity index (χ1v) is 6.67. The van der Waals surface area contributed by atoms with Crippen molar-refractivity contribution in [2.24, 2.45) is 5.41 Å². The van der Waals surface area contributed by atoms with E-state index in [1.54, 1.807) is 18.5 Å². The van der Waals surface area contributed by atoms with Crippen LogP contribution in [0.3, 0.4) is 0 Å². The van der Waals surface area contributed by atoms with Gasteiger partial charge in [0.25, 0.3) is 0 Å². The molecule has 0 saturated carbocycles. The molecule has 0 atom stereocenters. The highest BCUT2D eigenvalue weighted by molar-refractivity contribution is 6.33. The number of piperidine rings is 1. The minimum absolute atomic E-state index is 0.0569. The zero-order valence-corrected chi connectivity index (χ0v) is 11.3. The number of pyridine rings is 1. The molecule has 1 aromatic rings. The van der Waals surface area contributed by atoms with Gasteiger partial charge in [-0.3, -0.25) is 9.78 Å². The SMILES string of the molecule is CCC1(C(=O)Nc2cnccc2Cl)CCNCC1. The average Bonchev–Trinajstić information content (AvgIpc) is 2.42. The highest BCUT2D eigenvalue weighted by Crippen LogP contribution is 2.34. The highest BCUT2D eigenvalue weighted by atomic mass is 35.5. The van der Waals surface area contributed by atoms with E-state index in [2.05, 4.69) is 22.5 Å². The zero-order chi connectivity index (χ0) is 13.0. The Morgan fingerprint density at radius 3 is 2.89 bits per heavy atom. The molecule has 0 aromatic carbocycles. The Morgan fingerprint density at radius 2 is 2.28 bits per heavy atom. The van der Waals surface area contributed by atoms with E-state index in [0.29, 0.717) is 10.7 Å². The third-order valence-corrected chi connectivity index (χ3v) is 4.06. The van der Waals surface area contributed by atoms with Gasteiger partial charge < -0.3 is 10.6 Å². The Bertz CT molecular complexity index is 430. The molecule has 2 N–H and O–H groups in total. The number of carbonyl (C=O) groups excluding carboxylic acids is 1. The number of aromatic nitrogens is 1. The first kappa shape index (κ1) is 13.3. The lowest BCUT2D eigenvalue weighted by Crippen LogP contribution is -2.44. The summed E-state index contributed by atoms with van der Waals surface area (Å²) in [6, 6.07) is 1.68. The summed E-state index contributed by atoms with van der Waals surface area (Å²) in [5.74, 6) is 0.0569. The minimum atomic E-state index is -0.273. The van der Waals surface area contributed by atoms with Gasteiger partial charge in [0, 0.05) is 6.20 Å². The Morgan fingerprint density at radius 1 is 1.56 bits per heavy atom. The van der Waals surface area contributed by atoms with Crippen LogP contribution in [-0.2, 0) is 4.79 Å². The number of nitrogens with zero attached hydrogens (tertiary/aromatic N) is 1. The fourth-order valence-electron chi connectivity index (χ4n) is 2.37. The van der Waals surface area contributed by atoms with Crippen molar-refractivity contribution in [3.05, 3.63) is 23.5 Å². The first-order valence-electron chi connectivity index (χ1n) is 6.30. The van der Waals surface area contributed by atoms with Crippen LogP contribution >= 0.6 is 11.6 Å². The lowest BCUT2D eigenvalue weighted by molar-refractivity contribution is -0.127. The van der Waals surface area contributed by atoms with Crippen molar-refractivity contribution in [2.45, 2.75) is 26.2 Å². The molecule has 1 aromatic heterocycles. The van der Waals surface area contributed by atoms with E-state index < -0.39 is 0 Å². The van der Waals surface area contributed by atoms with Gasteiger partial charge in [0.05, 0.1) is 22.3 Å². The van der Waals surface area contributed by atoms with Crippen LogP contribution in [0.1, 0.15) is 26.2 Å². The smallest absolute Gasteiger partial charge is 0.230 e. The summed E-state index contributed by atoms with van der Waals surface area (Å²) < 4.78 is 0. The van der Waals surface area contributed by atoms with Gasteiger partial charge in [0.1, 0.15) is 0 Å². The molecule has 98 valence electrons. The van der Waals surface area contributed by atoms with Crippen molar-refractivity contribution in [3.8, 4) is 0 Å². The van der Waals surface area contributed by atoms with Crippen LogP contribution in [0, 0.1) is 5.41 Å². The monoisotopic (exact) mass is 267 g/mol. The summed E-state index contributed by atoms with van der Waals surface area (Å²) in [6.07, 6.45) is 5.78. The normalized spacial score (nSPS) is 18.3. The van der Waals surface area contributed by atoms with Crippen molar-refractivity contribution in [1.82, 2.24) is 10.3 Å². The summed E-state index contributed by atoms with van der Waals surface area (Å²) in [7, 11) is 0. The van der Waals surface area contributed by atoms with Crippen LogP contribution in [0.5, 0.6) is 0 Å². The standard InChI is InChI=1S/C13H18ClN3O/c1-2-13(4-7-15-8-5-13)12(18)17-11-9-16-6-3-10(11)14/h3,6,9,15H,2,4-5,7-8H2,1H3,(H,17,18). The number of hydrogen-bond acceptors (Lipinski definition) is 3. The second kappa shape index (κ2) is 5.67. The van der Waals surface area contributed by atoms with Crippen LogP contribution in [0.4, 0.5) is 5.69 Å². The van der Waals surface area contributed by atoms with Crippen molar-refractivity contribution < 1.29 is 4.79 Å². The van der Waals surface area contributed by atoms with E-state index in [1.807, 2.05) is 0 Å². The molecule has 18 heavy (non-hydrogen) atoms. The number of rotatable bonds is 3. The van der Waals surface area contributed by atoms with Crippen LogP contribution < -0.4 is 10.6 Å². The van der Waals surface area contributed by atoms with Crippen LogP contribution in [0.25, 0.3) is 0 Å². The lowest BCUT2D eigenvalue weighted by atomic mass is 9.76. The molecule has 4 nitrogen and oxygen atoms in total. The molecule has 5 heteroatoms. The summed E-state index contributed by atoms with van der Waals surface area (Å²) in [6.45, 7) is 3.85. The number of hydrogen-bond donors (Lipinski definition) is 2. The Kier molecular flexibility index (Phi) is 4.19. The zero-order valence-electron chi connectivity index (χ0n) is 10.5. The van der Waals surface area contributed by atoms with Crippen molar-refractivity contribution in [2.75, 3.05) is 18.4 Å². The fourth-order valence-corrected chi connectivity index (χ4v) is 2.52. The molecular weight excluding hydrogens is 250 g/mol. The van der Waals surface area contributed by atoms with Gasteiger partial charge in [0.2, 0.25) is 5.91 Å². The third-order valence-electron chi connectivity index (χ3n) is 3.74. The van der Waals surface area contributed by atoms with E-state index in [1.165, 1.54) is 0 Å². The summed E-state index contributed by atoms with van der Waals surface area (Å²) in [4.78, 5) is 16.4. The van der Waals surface area contributed by atoms with Gasteiger partial charge >= 0.3 is 0 Å². The number of nitrogens with one attached hydrogen (secondary N) is 2. The van der Waals surface area contributed by atoms with Crippen molar-refractivity contribution in [3.63, 3.8) is 0 Å². The predicted molar refractivity (Wildman–Crippen MR) is 72.7 cm³/mol. The van der Waals surface area contributed by atoms with Crippen molar-refractivity contribution in [1.29, 1.82) is 0 Å². The van der Waals surface area contributed by atoms with Crippen LogP contribution in [-0.4, -0.2) is 24.0 Å². The molecule has 1 fully saturated rings. The summed E-state index contributed by atoms with van der Waals surface area (Å²) in [5.41, 5.74) is 0.320. The molecule has 0 unspecified atom stereocenters. The van der Waals surface area contributed by atoms with E-state index in [9.17, 15) is 4.79 Å². The molecule has 0 aliphatic carbocycles. The van der Waals surface area contributed by atoms with Gasteiger partial charge in [-0.2, -0.15) is 0 Å². The van der Waals surface area contributed by atoms with Gasteiger partial charge in [-0.1, -0.05) is 18.5 Å². The molecule has 1 amide bonds. The fraction of sp³-hybridized carbons (Fsp3) is 0.538. The van der Waals surface area contributed by atoms with Gasteiger partial charge in [-0.15, -0.1) is 0 Å². The van der Waals surface area contributed by atoms with E-state index >= 15 is 0 Å². The molecule has 0 bridgehead atoms. The van der Waals surface area contributed by atoms with E-state index in [0.717, 1.165) is 32.4 Å². The predicted octanol–water partition coefficient (Wildman–Crippen LogP) is 2.45. The third kappa shape index (κ3) is 2.65. The molecule has 2 rings (SSSR count). The van der Waals surface area contributed by atoms with Crippen LogP contribution in [0.15, 0.2) is 18.5 Å². The Labute approximate surface area is 112 Å². The molecule has 2 heterocycles. The highest BCUT2D eigenvalue weighted by Gasteiger charge is 2.37. The molecule has 0 radical (unpaired) electrons. The average molecular weight is 268 g/mol. The maximum atomic E-state index is 12.4. The van der Waals surface area contributed by atoms with Crippen LogP contribution in [0.2, 0.25) is 5.02 Å². The first-order chi connectivity index (χ1) is 8.68. The Balaban J connectivity index is 2.13. The second-order valence-corrected chi connectivity index (χ2v) is 5.10. The van der Waals surface area contributed by atoms with E-state index in [-0.39, 0.29) is 11.3 Å². The number of carbonyl (C=O) groups is 1. The van der Waals surface area contributed by atoms with Gasteiger partial charge in [-0.25, -0.2) is 0 Å². The number of anilines is 1.